The lowest BCUT2D eigenvalue weighted by Crippen LogP contribution is -2.44. The Hall–Kier alpha value is -2.95. The van der Waals surface area contributed by atoms with Crippen molar-refractivity contribution in [2.24, 2.45) is 5.73 Å². The van der Waals surface area contributed by atoms with Gasteiger partial charge in [0.25, 0.3) is 5.56 Å². The lowest BCUT2D eigenvalue weighted by molar-refractivity contribution is -0.172. The number of fused-ring (bicyclic) bond motifs is 6. The molecule has 5 heterocycles. The molecule has 164 valence electrons. The van der Waals surface area contributed by atoms with E-state index in [1.165, 1.54) is 0 Å². The molecule has 3 aromatic rings. The number of carbonyl (C=O) groups excluding carboxylic acids is 1. The fraction of sp³-hybridized carbons (Fsp3) is 0.318. The number of hydrogen-bond donors (Lipinski definition) is 2. The van der Waals surface area contributed by atoms with Crippen molar-refractivity contribution in [3.05, 3.63) is 49.2 Å². The Morgan fingerprint density at radius 3 is 2.81 bits per heavy atom. The predicted octanol–water partition coefficient (Wildman–Crippen LogP) is 2.03. The molecular weight excluding hydrogens is 482 g/mol. The molecule has 10 heteroatoms. The minimum absolute atomic E-state index is 0.0875. The van der Waals surface area contributed by atoms with E-state index in [-0.39, 0.29) is 49.6 Å². The maximum atomic E-state index is 13.4. The molecule has 6 rings (SSSR count). The van der Waals surface area contributed by atoms with Crippen LogP contribution in [0, 0.1) is 0 Å². The molecule has 0 unspecified atom stereocenters. The summed E-state index contributed by atoms with van der Waals surface area (Å²) in [6.45, 7) is 2.14. The van der Waals surface area contributed by atoms with Crippen molar-refractivity contribution in [2.75, 3.05) is 6.79 Å². The first-order valence-electron chi connectivity index (χ1n) is 10.2. The molecule has 32 heavy (non-hydrogen) atoms. The van der Waals surface area contributed by atoms with Gasteiger partial charge in [-0.15, -0.1) is 0 Å². The van der Waals surface area contributed by atoms with E-state index in [1.54, 1.807) is 23.6 Å². The van der Waals surface area contributed by atoms with Crippen molar-refractivity contribution in [3.63, 3.8) is 0 Å². The van der Waals surface area contributed by atoms with Crippen molar-refractivity contribution in [3.8, 4) is 22.9 Å². The van der Waals surface area contributed by atoms with Crippen molar-refractivity contribution in [1.82, 2.24) is 9.55 Å². The Labute approximate surface area is 189 Å². The zero-order chi connectivity index (χ0) is 22.4. The van der Waals surface area contributed by atoms with E-state index >= 15 is 0 Å². The molecule has 3 aliphatic heterocycles. The quantitative estimate of drug-likeness (QED) is 0.401. The molecule has 0 fully saturated rings. The van der Waals surface area contributed by atoms with Crippen LogP contribution in [0.4, 0.5) is 0 Å². The van der Waals surface area contributed by atoms with Gasteiger partial charge in [0, 0.05) is 29.1 Å². The maximum absolute atomic E-state index is 13.4. The number of hydrogen-bond acceptors (Lipinski definition) is 8. The van der Waals surface area contributed by atoms with E-state index in [1.807, 2.05) is 0 Å². The number of benzene rings is 1. The molecule has 1 aromatic carbocycles. The van der Waals surface area contributed by atoms with Crippen molar-refractivity contribution >= 4 is 32.8 Å². The topological polar surface area (TPSA) is 126 Å². The van der Waals surface area contributed by atoms with Crippen LogP contribution in [0.1, 0.15) is 35.6 Å². The molecule has 1 atom stereocenters. The summed E-state index contributed by atoms with van der Waals surface area (Å²) in [4.78, 5) is 30.6. The Kier molecular flexibility index (Phi) is 4.02. The molecule has 0 bridgehead atoms. The molecule has 3 aliphatic rings. The van der Waals surface area contributed by atoms with Gasteiger partial charge in [-0.25, -0.2) is 9.78 Å². The molecule has 3 N–H and O–H groups in total. The SMILES string of the molecule is CC[C@@]1(O)C(=O)OCc2c1cc1n(c2=O)Cc2c-1nc1cc3c(c(Br)c1c2CN)OCO3. The fourth-order valence-electron chi connectivity index (χ4n) is 4.86. The molecule has 0 saturated carbocycles. The average Bonchev–Trinajstić information content (AvgIpc) is 3.40. The monoisotopic (exact) mass is 499 g/mol. The maximum Gasteiger partial charge on any atom is 0.343 e. The molecule has 0 saturated heterocycles. The van der Waals surface area contributed by atoms with Crippen LogP contribution in [0.5, 0.6) is 11.5 Å². The summed E-state index contributed by atoms with van der Waals surface area (Å²) < 4.78 is 18.5. The van der Waals surface area contributed by atoms with E-state index in [0.29, 0.717) is 32.9 Å². The number of nitrogens with two attached hydrogens (primary N) is 1. The molecule has 0 amide bonds. The van der Waals surface area contributed by atoms with Crippen molar-refractivity contribution in [1.29, 1.82) is 0 Å². The summed E-state index contributed by atoms with van der Waals surface area (Å²) in [5, 5.41) is 11.8. The first-order valence-corrected chi connectivity index (χ1v) is 11.0. The lowest BCUT2D eigenvalue weighted by atomic mass is 9.86. The summed E-state index contributed by atoms with van der Waals surface area (Å²) >= 11 is 3.61. The van der Waals surface area contributed by atoms with Gasteiger partial charge >= 0.3 is 5.97 Å². The third-order valence-electron chi connectivity index (χ3n) is 6.57. The fourth-order valence-corrected chi connectivity index (χ4v) is 5.62. The Morgan fingerprint density at radius 2 is 2.06 bits per heavy atom. The smallest absolute Gasteiger partial charge is 0.343 e. The molecule has 0 aliphatic carbocycles. The van der Waals surface area contributed by atoms with Crippen LogP contribution in [0.25, 0.3) is 22.3 Å². The molecule has 0 spiro atoms. The minimum Gasteiger partial charge on any atom is -0.458 e. The zero-order valence-electron chi connectivity index (χ0n) is 17.0. The summed E-state index contributed by atoms with van der Waals surface area (Å²) in [5.74, 6) is 0.422. The van der Waals surface area contributed by atoms with E-state index in [9.17, 15) is 14.7 Å². The molecule has 9 nitrogen and oxygen atoms in total. The van der Waals surface area contributed by atoms with Crippen LogP contribution in [0.3, 0.4) is 0 Å². The third-order valence-corrected chi connectivity index (χ3v) is 7.33. The normalized spacial score (nSPS) is 20.2. The zero-order valence-corrected chi connectivity index (χ0v) is 18.6. The number of ether oxygens (including phenoxy) is 3. The van der Waals surface area contributed by atoms with E-state index in [4.69, 9.17) is 24.9 Å². The van der Waals surface area contributed by atoms with Gasteiger partial charge < -0.3 is 29.6 Å². The van der Waals surface area contributed by atoms with Crippen LogP contribution in [0.15, 0.2) is 21.4 Å². The van der Waals surface area contributed by atoms with Crippen LogP contribution in [0.2, 0.25) is 0 Å². The van der Waals surface area contributed by atoms with Crippen LogP contribution < -0.4 is 20.8 Å². The number of nitrogens with zero attached hydrogens (tertiary/aromatic N) is 2. The molecule has 0 radical (unpaired) electrons. The number of halogens is 1. The van der Waals surface area contributed by atoms with Crippen LogP contribution in [-0.2, 0) is 34.8 Å². The molecular formula is C22H18BrN3O6. The number of cyclic esters (lactones) is 1. The second-order valence-electron chi connectivity index (χ2n) is 8.04. The summed E-state index contributed by atoms with van der Waals surface area (Å²) in [6, 6.07) is 3.48. The van der Waals surface area contributed by atoms with E-state index in [0.717, 1.165) is 16.5 Å². The Balaban J connectivity index is 1.67. The van der Waals surface area contributed by atoms with Gasteiger partial charge in [-0.1, -0.05) is 6.92 Å². The number of esters is 1. The second kappa shape index (κ2) is 6.53. The van der Waals surface area contributed by atoms with Gasteiger partial charge in [-0.2, -0.15) is 0 Å². The van der Waals surface area contributed by atoms with Crippen LogP contribution in [-0.4, -0.2) is 27.4 Å². The highest BCUT2D eigenvalue weighted by Gasteiger charge is 2.45. The number of rotatable bonds is 2. The number of pyridine rings is 2. The van der Waals surface area contributed by atoms with Crippen molar-refractivity contribution in [2.45, 2.75) is 38.6 Å². The van der Waals surface area contributed by atoms with E-state index < -0.39 is 11.6 Å². The van der Waals surface area contributed by atoms with Gasteiger partial charge in [0.05, 0.1) is 33.5 Å². The highest BCUT2D eigenvalue weighted by atomic mass is 79.9. The minimum atomic E-state index is -1.87. The summed E-state index contributed by atoms with van der Waals surface area (Å²) in [6.07, 6.45) is 0.0875. The number of aromatic nitrogens is 2. The largest absolute Gasteiger partial charge is 0.458 e. The predicted molar refractivity (Wildman–Crippen MR) is 116 cm³/mol. The van der Waals surface area contributed by atoms with Crippen molar-refractivity contribution < 1.29 is 24.1 Å². The molecule has 2 aromatic heterocycles. The highest BCUT2D eigenvalue weighted by Crippen LogP contribution is 2.47. The first kappa shape index (κ1) is 19.7. The van der Waals surface area contributed by atoms with Gasteiger partial charge in [-0.3, -0.25) is 4.79 Å². The van der Waals surface area contributed by atoms with Gasteiger partial charge in [0.1, 0.15) is 6.61 Å². The second-order valence-corrected chi connectivity index (χ2v) is 8.84. The summed E-state index contributed by atoms with van der Waals surface area (Å²) in [5.41, 5.74) is 8.00. The number of carbonyl (C=O) groups is 1. The summed E-state index contributed by atoms with van der Waals surface area (Å²) in [7, 11) is 0. The third kappa shape index (κ3) is 2.31. The van der Waals surface area contributed by atoms with Gasteiger partial charge in [0.15, 0.2) is 17.1 Å². The van der Waals surface area contributed by atoms with Gasteiger partial charge in [-0.05, 0) is 34.0 Å². The Bertz CT molecular complexity index is 1430. The highest BCUT2D eigenvalue weighted by molar-refractivity contribution is 9.10. The van der Waals surface area contributed by atoms with Gasteiger partial charge in [0.2, 0.25) is 6.79 Å². The lowest BCUT2D eigenvalue weighted by Gasteiger charge is -2.31. The van der Waals surface area contributed by atoms with Crippen LogP contribution >= 0.6 is 15.9 Å². The number of aliphatic hydroxyl groups is 1. The van der Waals surface area contributed by atoms with E-state index in [2.05, 4.69) is 15.9 Å². The standard InChI is InChI=1S/C22H18BrN3O6/c1-2-22(29)12-3-14-18-10(6-26(14)20(27)11(12)7-30-21(22)28)9(5-24)16-13(25-18)4-15-19(17(16)23)32-8-31-15/h3-4,29H,2,5-8,24H2,1H3/t22-/m0/s1. The Morgan fingerprint density at radius 1 is 1.25 bits per heavy atom. The first-order chi connectivity index (χ1) is 15.4. The average molecular weight is 500 g/mol.